The van der Waals surface area contributed by atoms with E-state index in [1.165, 1.54) is 5.56 Å². The van der Waals surface area contributed by atoms with Crippen molar-refractivity contribution in [3.63, 3.8) is 0 Å². The number of para-hydroxylation sites is 2. The molecule has 1 saturated heterocycles. The molecule has 1 fully saturated rings. The van der Waals surface area contributed by atoms with Crippen molar-refractivity contribution in [2.24, 2.45) is 5.92 Å². The van der Waals surface area contributed by atoms with Crippen molar-refractivity contribution in [2.45, 2.75) is 39.3 Å². The molecule has 5 rings (SSSR count). The summed E-state index contributed by atoms with van der Waals surface area (Å²) in [4.78, 5) is 24.5. The Bertz CT molecular complexity index is 1340. The van der Waals surface area contributed by atoms with Gasteiger partial charge in [0.05, 0.1) is 22.4 Å². The fourth-order valence-electron chi connectivity index (χ4n) is 5.04. The summed E-state index contributed by atoms with van der Waals surface area (Å²) < 4.78 is 0. The van der Waals surface area contributed by atoms with Crippen molar-refractivity contribution in [1.82, 2.24) is 25.5 Å². The van der Waals surface area contributed by atoms with Gasteiger partial charge in [-0.25, -0.2) is 14.8 Å². The highest BCUT2D eigenvalue weighted by atomic mass is 16.2. The number of fused-ring (bicyclic) bond motifs is 1. The molecule has 0 spiro atoms. The van der Waals surface area contributed by atoms with Gasteiger partial charge in [-0.1, -0.05) is 66.7 Å². The second-order valence-electron chi connectivity index (χ2n) is 10.2. The number of rotatable bonds is 7. The summed E-state index contributed by atoms with van der Waals surface area (Å²) >= 11 is 0. The first-order valence-corrected chi connectivity index (χ1v) is 13.2. The number of carbonyl (C=O) groups excluding carboxylic acids is 1. The number of hydrogen-bond donors (Lipinski definition) is 2. The molecular formula is C31H35N5O. The van der Waals surface area contributed by atoms with Crippen LogP contribution in [0.5, 0.6) is 0 Å². The molecule has 37 heavy (non-hydrogen) atoms. The van der Waals surface area contributed by atoms with Crippen LogP contribution in [0.15, 0.2) is 78.9 Å². The van der Waals surface area contributed by atoms with Crippen LogP contribution in [-0.2, 0) is 6.54 Å². The standard InChI is InChI=1S/C31H35N5O/c1-22(2)33-31(37)32-19-24-9-8-18-36(21-24)20-23-14-16-26(17-15-23)30-29(25-10-4-3-5-11-25)34-27-12-6-7-13-28(27)35-30/h3-7,10-17,22,24H,8-9,18-21H2,1-2H3,(H2,32,33,37). The molecule has 1 atom stereocenters. The normalized spacial score (nSPS) is 16.1. The Morgan fingerprint density at radius 1 is 0.892 bits per heavy atom. The van der Waals surface area contributed by atoms with E-state index in [1.54, 1.807) is 0 Å². The Labute approximate surface area is 219 Å². The fraction of sp³-hybridized carbons (Fsp3) is 0.323. The summed E-state index contributed by atoms with van der Waals surface area (Å²) in [5.41, 5.74) is 7.02. The van der Waals surface area contributed by atoms with Crippen molar-refractivity contribution in [2.75, 3.05) is 19.6 Å². The molecule has 1 aliphatic heterocycles. The van der Waals surface area contributed by atoms with E-state index in [4.69, 9.17) is 9.97 Å². The summed E-state index contributed by atoms with van der Waals surface area (Å²) in [6.07, 6.45) is 2.31. The van der Waals surface area contributed by atoms with Crippen LogP contribution in [-0.4, -0.2) is 46.6 Å². The van der Waals surface area contributed by atoms with Gasteiger partial charge in [-0.15, -0.1) is 0 Å². The Morgan fingerprint density at radius 3 is 2.16 bits per heavy atom. The molecule has 0 radical (unpaired) electrons. The van der Waals surface area contributed by atoms with Crippen LogP contribution in [0.2, 0.25) is 0 Å². The van der Waals surface area contributed by atoms with Crippen molar-refractivity contribution in [3.05, 3.63) is 84.4 Å². The summed E-state index contributed by atoms with van der Waals surface area (Å²) in [5.74, 6) is 0.479. The number of hydrogen-bond acceptors (Lipinski definition) is 4. The Hall–Kier alpha value is -3.77. The van der Waals surface area contributed by atoms with Gasteiger partial charge in [0.25, 0.3) is 0 Å². The number of aromatic nitrogens is 2. The Balaban J connectivity index is 1.30. The third-order valence-corrected chi connectivity index (χ3v) is 6.83. The number of carbonyl (C=O) groups is 1. The highest BCUT2D eigenvalue weighted by Gasteiger charge is 2.21. The van der Waals surface area contributed by atoms with E-state index in [1.807, 2.05) is 56.3 Å². The molecule has 2 N–H and O–H groups in total. The first-order chi connectivity index (χ1) is 18.0. The van der Waals surface area contributed by atoms with Crippen molar-refractivity contribution in [1.29, 1.82) is 0 Å². The summed E-state index contributed by atoms with van der Waals surface area (Å²) in [6.45, 7) is 7.66. The zero-order valence-electron chi connectivity index (χ0n) is 21.7. The predicted octanol–water partition coefficient (Wildman–Crippen LogP) is 5.88. The highest BCUT2D eigenvalue weighted by molar-refractivity contribution is 5.86. The number of nitrogens with one attached hydrogen (secondary N) is 2. The molecular weight excluding hydrogens is 458 g/mol. The van der Waals surface area contributed by atoms with Crippen molar-refractivity contribution in [3.8, 4) is 22.5 Å². The zero-order chi connectivity index (χ0) is 25.6. The minimum atomic E-state index is -0.0747. The molecule has 0 bridgehead atoms. The van der Waals surface area contributed by atoms with E-state index in [2.05, 4.69) is 51.9 Å². The summed E-state index contributed by atoms with van der Waals surface area (Å²) in [5, 5.41) is 5.94. The number of amides is 2. The average molecular weight is 494 g/mol. The molecule has 0 aliphatic carbocycles. The molecule has 6 heteroatoms. The number of piperidine rings is 1. The maximum Gasteiger partial charge on any atom is 0.314 e. The van der Waals surface area contributed by atoms with Gasteiger partial charge < -0.3 is 10.6 Å². The van der Waals surface area contributed by atoms with E-state index in [0.29, 0.717) is 5.92 Å². The number of benzene rings is 3. The van der Waals surface area contributed by atoms with Gasteiger partial charge in [0.1, 0.15) is 0 Å². The average Bonchev–Trinajstić information content (AvgIpc) is 2.92. The van der Waals surface area contributed by atoms with Gasteiger partial charge in [0, 0.05) is 36.8 Å². The fourth-order valence-corrected chi connectivity index (χ4v) is 5.04. The van der Waals surface area contributed by atoms with Crippen molar-refractivity contribution >= 4 is 17.1 Å². The van der Waals surface area contributed by atoms with Crippen LogP contribution >= 0.6 is 0 Å². The molecule has 3 aromatic carbocycles. The minimum Gasteiger partial charge on any atom is -0.338 e. The van der Waals surface area contributed by atoms with Gasteiger partial charge in [0.15, 0.2) is 0 Å². The van der Waals surface area contributed by atoms with Gasteiger partial charge in [-0.05, 0) is 56.8 Å². The van der Waals surface area contributed by atoms with Crippen LogP contribution in [0.1, 0.15) is 32.3 Å². The predicted molar refractivity (Wildman–Crippen MR) is 150 cm³/mol. The van der Waals surface area contributed by atoms with Crippen molar-refractivity contribution < 1.29 is 4.79 Å². The van der Waals surface area contributed by atoms with E-state index in [9.17, 15) is 4.79 Å². The molecule has 1 unspecified atom stereocenters. The van der Waals surface area contributed by atoms with Gasteiger partial charge in [-0.3, -0.25) is 4.90 Å². The molecule has 1 aromatic heterocycles. The SMILES string of the molecule is CC(C)NC(=O)NCC1CCCN(Cc2ccc(-c3nc4ccccc4nc3-c3ccccc3)cc2)C1. The van der Waals surface area contributed by atoms with Gasteiger partial charge >= 0.3 is 6.03 Å². The van der Waals surface area contributed by atoms with Gasteiger partial charge in [0.2, 0.25) is 0 Å². The number of nitrogens with zero attached hydrogens (tertiary/aromatic N) is 3. The molecule has 1 aliphatic rings. The quantitative estimate of drug-likeness (QED) is 0.337. The van der Waals surface area contributed by atoms with Gasteiger partial charge in [-0.2, -0.15) is 0 Å². The number of likely N-dealkylation sites (tertiary alicyclic amines) is 1. The molecule has 2 heterocycles. The lowest BCUT2D eigenvalue weighted by atomic mass is 9.97. The molecule has 0 saturated carbocycles. The van der Waals surface area contributed by atoms with E-state index < -0.39 is 0 Å². The van der Waals surface area contributed by atoms with Crippen LogP contribution in [0, 0.1) is 5.92 Å². The Morgan fingerprint density at radius 2 is 1.51 bits per heavy atom. The summed E-state index contributed by atoms with van der Waals surface area (Å²) in [6, 6.07) is 27.1. The molecule has 6 nitrogen and oxygen atoms in total. The lowest BCUT2D eigenvalue weighted by molar-refractivity contribution is 0.165. The van der Waals surface area contributed by atoms with Crippen LogP contribution < -0.4 is 10.6 Å². The Kier molecular flexibility index (Phi) is 7.76. The zero-order valence-corrected chi connectivity index (χ0v) is 21.7. The first kappa shape index (κ1) is 24.9. The first-order valence-electron chi connectivity index (χ1n) is 13.2. The minimum absolute atomic E-state index is 0.0747. The third kappa shape index (κ3) is 6.33. The van der Waals surface area contributed by atoms with E-state index in [-0.39, 0.29) is 12.1 Å². The van der Waals surface area contributed by atoms with Crippen LogP contribution in [0.4, 0.5) is 4.79 Å². The topological polar surface area (TPSA) is 70.2 Å². The van der Waals surface area contributed by atoms with Crippen LogP contribution in [0.3, 0.4) is 0 Å². The largest absolute Gasteiger partial charge is 0.338 e. The monoisotopic (exact) mass is 493 g/mol. The van der Waals surface area contributed by atoms with E-state index >= 15 is 0 Å². The second-order valence-corrected chi connectivity index (χ2v) is 10.2. The molecule has 4 aromatic rings. The maximum atomic E-state index is 12.0. The van der Waals surface area contributed by atoms with Crippen LogP contribution in [0.25, 0.3) is 33.5 Å². The third-order valence-electron chi connectivity index (χ3n) is 6.83. The number of urea groups is 1. The molecule has 2 amide bonds. The lowest BCUT2D eigenvalue weighted by Crippen LogP contribution is -2.45. The smallest absolute Gasteiger partial charge is 0.314 e. The van der Waals surface area contributed by atoms with E-state index in [0.717, 1.165) is 72.6 Å². The highest BCUT2D eigenvalue weighted by Crippen LogP contribution is 2.31. The summed E-state index contributed by atoms with van der Waals surface area (Å²) in [7, 11) is 0. The second kappa shape index (κ2) is 11.5. The maximum absolute atomic E-state index is 12.0. The lowest BCUT2D eigenvalue weighted by Gasteiger charge is -2.33. The molecule has 190 valence electrons.